The summed E-state index contributed by atoms with van der Waals surface area (Å²) in [7, 11) is 0. The van der Waals surface area contributed by atoms with Crippen LogP contribution in [0.1, 0.15) is 33.1 Å². The number of rotatable bonds is 4. The van der Waals surface area contributed by atoms with Crippen molar-refractivity contribution in [2.45, 2.75) is 39.2 Å². The Labute approximate surface area is 114 Å². The van der Waals surface area contributed by atoms with E-state index in [0.29, 0.717) is 12.5 Å². The molecule has 0 aromatic rings. The summed E-state index contributed by atoms with van der Waals surface area (Å²) in [6.45, 7) is 7.85. The predicted octanol–water partition coefficient (Wildman–Crippen LogP) is 1.04. The van der Waals surface area contributed by atoms with Gasteiger partial charge in [0.05, 0.1) is 5.92 Å². The molecule has 2 rings (SSSR count). The molecule has 2 aliphatic heterocycles. The molecule has 0 aromatic heterocycles. The minimum atomic E-state index is -0.842. The van der Waals surface area contributed by atoms with E-state index >= 15 is 0 Å². The number of aliphatic carboxylic acids is 1. The van der Waals surface area contributed by atoms with Gasteiger partial charge in [0.1, 0.15) is 0 Å². The van der Waals surface area contributed by atoms with Gasteiger partial charge in [0.25, 0.3) is 0 Å². The summed E-state index contributed by atoms with van der Waals surface area (Å²) in [5, 5.41) is 9.03. The van der Waals surface area contributed by atoms with E-state index in [0.717, 1.165) is 32.5 Å². The lowest BCUT2D eigenvalue weighted by Crippen LogP contribution is -2.49. The van der Waals surface area contributed by atoms with Gasteiger partial charge in [-0.3, -0.25) is 9.59 Å². The molecule has 2 fully saturated rings. The van der Waals surface area contributed by atoms with Crippen molar-refractivity contribution in [1.82, 2.24) is 9.80 Å². The van der Waals surface area contributed by atoms with Crippen LogP contribution in [0.15, 0.2) is 0 Å². The maximum absolute atomic E-state index is 12.0. The van der Waals surface area contributed by atoms with Gasteiger partial charge in [0.2, 0.25) is 5.91 Å². The van der Waals surface area contributed by atoms with Crippen LogP contribution in [0.2, 0.25) is 0 Å². The van der Waals surface area contributed by atoms with Crippen molar-refractivity contribution >= 4 is 11.9 Å². The molecule has 1 amide bonds. The van der Waals surface area contributed by atoms with E-state index in [4.69, 9.17) is 5.11 Å². The maximum atomic E-state index is 12.0. The summed E-state index contributed by atoms with van der Waals surface area (Å²) in [4.78, 5) is 27.2. The van der Waals surface area contributed by atoms with Crippen LogP contribution in [-0.2, 0) is 9.59 Å². The summed E-state index contributed by atoms with van der Waals surface area (Å²) in [5.74, 6) is -0.706. The molecule has 2 heterocycles. The van der Waals surface area contributed by atoms with Crippen molar-refractivity contribution in [2.24, 2.45) is 11.8 Å². The summed E-state index contributed by atoms with van der Waals surface area (Å²) >= 11 is 0. The molecule has 0 spiro atoms. The largest absolute Gasteiger partial charge is 0.481 e. The highest BCUT2D eigenvalue weighted by molar-refractivity contribution is 5.86. The van der Waals surface area contributed by atoms with Crippen LogP contribution >= 0.6 is 0 Å². The third-order valence-electron chi connectivity index (χ3n) is 4.05. The molecule has 0 saturated carbocycles. The van der Waals surface area contributed by atoms with Gasteiger partial charge in [-0.25, -0.2) is 0 Å². The van der Waals surface area contributed by atoms with Crippen molar-refractivity contribution in [3.63, 3.8) is 0 Å². The molecule has 19 heavy (non-hydrogen) atoms. The van der Waals surface area contributed by atoms with E-state index in [1.54, 1.807) is 0 Å². The Morgan fingerprint density at radius 1 is 1.42 bits per heavy atom. The van der Waals surface area contributed by atoms with E-state index in [-0.39, 0.29) is 18.4 Å². The molecular weight excluding hydrogens is 244 g/mol. The third-order valence-corrected chi connectivity index (χ3v) is 4.05. The van der Waals surface area contributed by atoms with Gasteiger partial charge in [-0.1, -0.05) is 13.8 Å². The lowest BCUT2D eigenvalue weighted by molar-refractivity contribution is -0.141. The minimum absolute atomic E-state index is 0.0174. The fourth-order valence-electron chi connectivity index (χ4n) is 3.22. The maximum Gasteiger partial charge on any atom is 0.308 e. The zero-order chi connectivity index (χ0) is 14.0. The quantitative estimate of drug-likeness (QED) is 0.827. The van der Waals surface area contributed by atoms with Crippen molar-refractivity contribution in [1.29, 1.82) is 0 Å². The molecule has 2 saturated heterocycles. The van der Waals surface area contributed by atoms with Crippen LogP contribution < -0.4 is 0 Å². The monoisotopic (exact) mass is 268 g/mol. The number of carbonyl (C=O) groups excluding carboxylic acids is 1. The second-order valence-electron chi connectivity index (χ2n) is 6.23. The standard InChI is InChI=1S/C14H24N2O3/c1-10(2)7-15-5-3-4-12(9-15)16-8-11(14(18)19)6-13(16)17/h10-12H,3-9H2,1-2H3,(H,18,19). The molecule has 108 valence electrons. The second kappa shape index (κ2) is 5.90. The summed E-state index contributed by atoms with van der Waals surface area (Å²) in [6.07, 6.45) is 2.28. The van der Waals surface area contributed by atoms with Gasteiger partial charge >= 0.3 is 5.97 Å². The Kier molecular flexibility index (Phi) is 4.45. The Bertz CT molecular complexity index is 357. The van der Waals surface area contributed by atoms with Gasteiger partial charge < -0.3 is 14.9 Å². The van der Waals surface area contributed by atoms with Crippen molar-refractivity contribution in [3.8, 4) is 0 Å². The number of carboxylic acid groups (broad SMARTS) is 1. The molecular formula is C14H24N2O3. The van der Waals surface area contributed by atoms with Gasteiger partial charge in [-0.05, 0) is 25.3 Å². The molecule has 2 aliphatic rings. The molecule has 2 unspecified atom stereocenters. The summed E-state index contributed by atoms with van der Waals surface area (Å²) in [5.41, 5.74) is 0. The molecule has 0 radical (unpaired) electrons. The van der Waals surface area contributed by atoms with Crippen LogP contribution in [-0.4, -0.2) is 59.0 Å². The number of amides is 1. The first kappa shape index (κ1) is 14.3. The summed E-state index contributed by atoms with van der Waals surface area (Å²) in [6, 6.07) is 0.212. The third kappa shape index (κ3) is 3.47. The lowest BCUT2D eigenvalue weighted by atomic mass is 10.0. The van der Waals surface area contributed by atoms with E-state index < -0.39 is 11.9 Å². The normalized spacial score (nSPS) is 29.2. The molecule has 2 atom stereocenters. The first-order chi connectivity index (χ1) is 8.97. The van der Waals surface area contributed by atoms with Gasteiger partial charge in [-0.15, -0.1) is 0 Å². The van der Waals surface area contributed by atoms with Crippen LogP contribution in [0, 0.1) is 11.8 Å². The average Bonchev–Trinajstić information content (AvgIpc) is 2.71. The number of likely N-dealkylation sites (tertiary alicyclic amines) is 2. The van der Waals surface area contributed by atoms with Crippen LogP contribution in [0.3, 0.4) is 0 Å². The number of carboxylic acids is 1. The fourth-order valence-corrected chi connectivity index (χ4v) is 3.22. The molecule has 5 nitrogen and oxygen atoms in total. The molecule has 1 N–H and O–H groups in total. The van der Waals surface area contributed by atoms with E-state index in [1.807, 2.05) is 4.90 Å². The zero-order valence-electron chi connectivity index (χ0n) is 11.8. The topological polar surface area (TPSA) is 60.9 Å². The van der Waals surface area contributed by atoms with Crippen molar-refractivity contribution in [2.75, 3.05) is 26.2 Å². The highest BCUT2D eigenvalue weighted by Gasteiger charge is 2.39. The van der Waals surface area contributed by atoms with Crippen molar-refractivity contribution in [3.05, 3.63) is 0 Å². The lowest BCUT2D eigenvalue weighted by Gasteiger charge is -2.38. The van der Waals surface area contributed by atoms with E-state index in [9.17, 15) is 9.59 Å². The Hall–Kier alpha value is -1.10. The Morgan fingerprint density at radius 2 is 2.16 bits per heavy atom. The Balaban J connectivity index is 1.94. The average molecular weight is 268 g/mol. The van der Waals surface area contributed by atoms with Crippen LogP contribution in [0.25, 0.3) is 0 Å². The van der Waals surface area contributed by atoms with Gasteiger partial charge in [-0.2, -0.15) is 0 Å². The number of nitrogens with zero attached hydrogens (tertiary/aromatic N) is 2. The molecule has 0 aromatic carbocycles. The predicted molar refractivity (Wildman–Crippen MR) is 71.8 cm³/mol. The highest BCUT2D eigenvalue weighted by atomic mass is 16.4. The molecule has 0 aliphatic carbocycles. The minimum Gasteiger partial charge on any atom is -0.481 e. The van der Waals surface area contributed by atoms with Gasteiger partial charge in [0, 0.05) is 32.1 Å². The zero-order valence-corrected chi connectivity index (χ0v) is 11.8. The number of piperidine rings is 1. The number of hydrogen-bond donors (Lipinski definition) is 1. The number of carbonyl (C=O) groups is 2. The van der Waals surface area contributed by atoms with Crippen LogP contribution in [0.5, 0.6) is 0 Å². The molecule has 5 heteroatoms. The number of hydrogen-bond acceptors (Lipinski definition) is 3. The van der Waals surface area contributed by atoms with E-state index in [1.165, 1.54) is 0 Å². The van der Waals surface area contributed by atoms with Crippen LogP contribution in [0.4, 0.5) is 0 Å². The summed E-state index contributed by atoms with van der Waals surface area (Å²) < 4.78 is 0. The van der Waals surface area contributed by atoms with Gasteiger partial charge in [0.15, 0.2) is 0 Å². The first-order valence-corrected chi connectivity index (χ1v) is 7.22. The highest BCUT2D eigenvalue weighted by Crippen LogP contribution is 2.25. The van der Waals surface area contributed by atoms with Crippen molar-refractivity contribution < 1.29 is 14.7 Å². The van der Waals surface area contributed by atoms with E-state index in [2.05, 4.69) is 18.7 Å². The second-order valence-corrected chi connectivity index (χ2v) is 6.23. The molecule has 0 bridgehead atoms. The Morgan fingerprint density at radius 3 is 2.74 bits per heavy atom. The first-order valence-electron chi connectivity index (χ1n) is 7.22. The smallest absolute Gasteiger partial charge is 0.308 e. The SMILES string of the molecule is CC(C)CN1CCCC(N2CC(C(=O)O)CC2=O)C1. The fraction of sp³-hybridized carbons (Fsp3) is 0.857.